The molecular weight excluding hydrogens is 224 g/mol. The van der Waals surface area contributed by atoms with Crippen molar-refractivity contribution in [3.63, 3.8) is 0 Å². The zero-order valence-electron chi connectivity index (χ0n) is 7.64. The van der Waals surface area contributed by atoms with Crippen molar-refractivity contribution >= 4 is 29.1 Å². The lowest BCUT2D eigenvalue weighted by atomic mass is 10.3. The largest absolute Gasteiger partial charge is 0.476 e. The molecule has 0 bridgehead atoms. The smallest absolute Gasteiger partial charge is 0.361 e. The van der Waals surface area contributed by atoms with E-state index in [4.69, 9.17) is 22.4 Å². The van der Waals surface area contributed by atoms with E-state index < -0.39 is 11.7 Å². The van der Waals surface area contributed by atoms with E-state index in [1.54, 1.807) is 0 Å². The predicted molar refractivity (Wildman–Crippen MR) is 52.6 cm³/mol. The predicted octanol–water partition coefficient (Wildman–Crippen LogP) is 0.147. The molecule has 3 N–H and O–H groups in total. The fourth-order valence-electron chi connectivity index (χ4n) is 0.808. The molecule has 0 saturated heterocycles. The molecule has 15 heavy (non-hydrogen) atoms. The molecule has 0 spiro atoms. The maximum atomic E-state index is 10.7. The second kappa shape index (κ2) is 4.56. The number of oxime groups is 1. The number of hydrogen-bond acceptors (Lipinski definition) is 6. The van der Waals surface area contributed by atoms with Gasteiger partial charge in [0.15, 0.2) is 5.82 Å². The van der Waals surface area contributed by atoms with Crippen molar-refractivity contribution in [3.8, 4) is 0 Å². The highest BCUT2D eigenvalue weighted by Crippen LogP contribution is 2.09. The van der Waals surface area contributed by atoms with Gasteiger partial charge in [-0.25, -0.2) is 14.8 Å². The summed E-state index contributed by atoms with van der Waals surface area (Å²) in [4.78, 5) is 22.4. The Labute approximate surface area is 89.5 Å². The summed E-state index contributed by atoms with van der Waals surface area (Å²) in [6.07, 6.45) is 0. The Hall–Kier alpha value is -1.89. The quantitative estimate of drug-likeness (QED) is 0.434. The molecule has 0 fully saturated rings. The third-order valence-electron chi connectivity index (χ3n) is 1.31. The fourth-order valence-corrected chi connectivity index (χ4v) is 1.000. The average molecular weight is 231 g/mol. The molecule has 0 amide bonds. The first-order valence-electron chi connectivity index (χ1n) is 3.69. The normalized spacial score (nSPS) is 11.2. The number of rotatable bonds is 3. The van der Waals surface area contributed by atoms with Crippen LogP contribution in [-0.2, 0) is 9.63 Å². The van der Waals surface area contributed by atoms with Gasteiger partial charge in [0.25, 0.3) is 0 Å². The summed E-state index contributed by atoms with van der Waals surface area (Å²) in [5, 5.41) is 12.0. The minimum Gasteiger partial charge on any atom is -0.476 e. The molecule has 0 aliphatic carbocycles. The van der Waals surface area contributed by atoms with Crippen LogP contribution in [0.3, 0.4) is 0 Å². The standard InChI is InChI=1S/C7H7ClN4O3/c1-15-12-5(7(13)14)6-10-3(8)2-4(9)11-6/h2H,1H3,(H,13,14)(H2,9,10,11). The number of aliphatic carboxylic acids is 1. The van der Waals surface area contributed by atoms with Crippen LogP contribution >= 0.6 is 11.6 Å². The van der Waals surface area contributed by atoms with Gasteiger partial charge in [-0.2, -0.15) is 0 Å². The summed E-state index contributed by atoms with van der Waals surface area (Å²) in [7, 11) is 1.21. The molecule has 0 aliphatic heterocycles. The number of halogens is 1. The van der Waals surface area contributed by atoms with Crippen LogP contribution < -0.4 is 5.73 Å². The minimum absolute atomic E-state index is 0.0301. The van der Waals surface area contributed by atoms with Gasteiger partial charge in [0, 0.05) is 6.07 Å². The highest BCUT2D eigenvalue weighted by atomic mass is 35.5. The Balaban J connectivity index is 3.23. The van der Waals surface area contributed by atoms with E-state index in [0.717, 1.165) is 0 Å². The number of anilines is 1. The van der Waals surface area contributed by atoms with Crippen molar-refractivity contribution in [2.24, 2.45) is 5.16 Å². The number of nitrogens with zero attached hydrogens (tertiary/aromatic N) is 3. The molecule has 1 aromatic heterocycles. The van der Waals surface area contributed by atoms with Crippen LogP contribution in [0.2, 0.25) is 5.15 Å². The van der Waals surface area contributed by atoms with Gasteiger partial charge in [-0.15, -0.1) is 0 Å². The lowest BCUT2D eigenvalue weighted by Gasteiger charge is -2.00. The van der Waals surface area contributed by atoms with Gasteiger partial charge in [0.05, 0.1) is 0 Å². The maximum Gasteiger partial charge on any atom is 0.361 e. The molecule has 0 saturated carbocycles. The molecule has 1 rings (SSSR count). The van der Waals surface area contributed by atoms with Gasteiger partial charge in [-0.1, -0.05) is 16.8 Å². The van der Waals surface area contributed by atoms with Crippen LogP contribution in [0.25, 0.3) is 0 Å². The van der Waals surface area contributed by atoms with E-state index in [1.165, 1.54) is 13.2 Å². The first-order chi connectivity index (χ1) is 7.04. The topological polar surface area (TPSA) is 111 Å². The minimum atomic E-state index is -1.33. The Morgan fingerprint density at radius 3 is 2.80 bits per heavy atom. The molecule has 8 heteroatoms. The molecule has 0 atom stereocenters. The molecule has 0 aromatic carbocycles. The van der Waals surface area contributed by atoms with Gasteiger partial charge in [0.2, 0.25) is 5.71 Å². The Bertz CT molecular complexity index is 400. The third kappa shape index (κ3) is 2.78. The summed E-state index contributed by atoms with van der Waals surface area (Å²) in [6, 6.07) is 1.29. The number of hydrogen-bond donors (Lipinski definition) is 2. The second-order valence-corrected chi connectivity index (χ2v) is 2.75. The summed E-state index contributed by atoms with van der Waals surface area (Å²) in [6.45, 7) is 0. The number of carbonyl (C=O) groups is 1. The zero-order valence-corrected chi connectivity index (χ0v) is 8.39. The van der Waals surface area contributed by atoms with E-state index in [0.29, 0.717) is 0 Å². The van der Waals surface area contributed by atoms with Gasteiger partial charge < -0.3 is 15.7 Å². The summed E-state index contributed by atoms with van der Waals surface area (Å²) >= 11 is 5.58. The van der Waals surface area contributed by atoms with Gasteiger partial charge >= 0.3 is 5.97 Å². The molecule has 80 valence electrons. The lowest BCUT2D eigenvalue weighted by molar-refractivity contribution is -0.129. The van der Waals surface area contributed by atoms with Crippen molar-refractivity contribution in [2.75, 3.05) is 12.8 Å². The molecule has 0 unspecified atom stereocenters. The van der Waals surface area contributed by atoms with Gasteiger partial charge in [-0.05, 0) is 0 Å². The van der Waals surface area contributed by atoms with Crippen LogP contribution in [0.15, 0.2) is 11.2 Å². The highest BCUT2D eigenvalue weighted by molar-refractivity contribution is 6.41. The van der Waals surface area contributed by atoms with E-state index >= 15 is 0 Å². The first kappa shape index (κ1) is 11.2. The van der Waals surface area contributed by atoms with Crippen molar-refractivity contribution in [3.05, 3.63) is 17.0 Å². The van der Waals surface area contributed by atoms with E-state index in [9.17, 15) is 4.79 Å². The Morgan fingerprint density at radius 2 is 2.33 bits per heavy atom. The maximum absolute atomic E-state index is 10.7. The zero-order chi connectivity index (χ0) is 11.4. The number of nitrogens with two attached hydrogens (primary N) is 1. The highest BCUT2D eigenvalue weighted by Gasteiger charge is 2.18. The van der Waals surface area contributed by atoms with Crippen LogP contribution in [0, 0.1) is 0 Å². The van der Waals surface area contributed by atoms with Crippen LogP contribution in [0.5, 0.6) is 0 Å². The number of carboxylic acid groups (broad SMARTS) is 1. The number of carboxylic acids is 1. The van der Waals surface area contributed by atoms with Crippen molar-refractivity contribution in [1.82, 2.24) is 9.97 Å². The van der Waals surface area contributed by atoms with Gasteiger partial charge in [-0.3, -0.25) is 0 Å². The molecule has 7 nitrogen and oxygen atoms in total. The molecule has 1 heterocycles. The van der Waals surface area contributed by atoms with E-state index in [2.05, 4.69) is 20.0 Å². The van der Waals surface area contributed by atoms with Crippen molar-refractivity contribution in [1.29, 1.82) is 0 Å². The molecule has 1 aromatic rings. The van der Waals surface area contributed by atoms with Crippen LogP contribution in [0.1, 0.15) is 5.82 Å². The van der Waals surface area contributed by atoms with Crippen LogP contribution in [0.4, 0.5) is 5.82 Å². The van der Waals surface area contributed by atoms with Gasteiger partial charge in [0.1, 0.15) is 18.1 Å². The van der Waals surface area contributed by atoms with E-state index in [1.807, 2.05) is 0 Å². The molecule has 0 aliphatic rings. The summed E-state index contributed by atoms with van der Waals surface area (Å²) in [5.41, 5.74) is 4.90. The fraction of sp³-hybridized carbons (Fsp3) is 0.143. The molecular formula is C7H7ClN4O3. The third-order valence-corrected chi connectivity index (χ3v) is 1.51. The molecule has 0 radical (unpaired) electrons. The van der Waals surface area contributed by atoms with E-state index in [-0.39, 0.29) is 16.8 Å². The monoisotopic (exact) mass is 230 g/mol. The Kier molecular flexibility index (Phi) is 3.40. The van der Waals surface area contributed by atoms with Crippen LogP contribution in [-0.4, -0.2) is 33.9 Å². The summed E-state index contributed by atoms with van der Waals surface area (Å²) < 4.78 is 0. The average Bonchev–Trinajstić information content (AvgIpc) is 2.11. The lowest BCUT2D eigenvalue weighted by Crippen LogP contribution is -2.19. The van der Waals surface area contributed by atoms with Crippen molar-refractivity contribution in [2.45, 2.75) is 0 Å². The SMILES string of the molecule is CON=C(C(=O)O)c1nc(N)cc(Cl)n1. The first-order valence-corrected chi connectivity index (χ1v) is 4.07. The van der Waals surface area contributed by atoms with Crippen molar-refractivity contribution < 1.29 is 14.7 Å². The number of aromatic nitrogens is 2. The summed E-state index contributed by atoms with van der Waals surface area (Å²) in [5.74, 6) is -1.48. The second-order valence-electron chi connectivity index (χ2n) is 2.37. The Morgan fingerprint density at radius 1 is 1.67 bits per heavy atom. The number of nitrogen functional groups attached to an aromatic ring is 1.